The second-order valence-electron chi connectivity index (χ2n) is 8.40. The summed E-state index contributed by atoms with van der Waals surface area (Å²) in [5.41, 5.74) is -4.59. The lowest BCUT2D eigenvalue weighted by Crippen LogP contribution is -2.36. The molecule has 2 aromatic rings. The van der Waals surface area contributed by atoms with Crippen LogP contribution in [0.2, 0.25) is 0 Å². The van der Waals surface area contributed by atoms with Gasteiger partial charge in [-0.1, -0.05) is 11.8 Å². The Morgan fingerprint density at radius 1 is 1.40 bits per heavy atom. The summed E-state index contributed by atoms with van der Waals surface area (Å²) < 4.78 is 47.2. The van der Waals surface area contributed by atoms with E-state index in [1.54, 1.807) is 51.7 Å². The van der Waals surface area contributed by atoms with Crippen molar-refractivity contribution in [2.24, 2.45) is 4.99 Å². The molecule has 1 amide bonds. The Morgan fingerprint density at radius 3 is 2.69 bits per heavy atom. The van der Waals surface area contributed by atoms with Crippen molar-refractivity contribution in [2.75, 3.05) is 13.2 Å². The van der Waals surface area contributed by atoms with Crippen LogP contribution < -0.4 is 4.89 Å². The maximum Gasteiger partial charge on any atom is 0.447 e. The number of pyridine rings is 1. The minimum atomic E-state index is -4.51. The molecule has 0 saturated heterocycles. The van der Waals surface area contributed by atoms with Crippen molar-refractivity contribution in [3.63, 3.8) is 0 Å². The molecule has 0 bridgehead atoms. The topological polar surface area (TPSA) is 69.4 Å². The zero-order valence-corrected chi connectivity index (χ0v) is 22.6. The molecule has 1 aliphatic heterocycles. The van der Waals surface area contributed by atoms with E-state index < -0.39 is 25.0 Å². The quantitative estimate of drug-likeness (QED) is 0.259. The highest BCUT2D eigenvalue weighted by molar-refractivity contribution is 9.10. The van der Waals surface area contributed by atoms with E-state index in [1.165, 1.54) is 21.7 Å². The smallest absolute Gasteiger partial charge is 0.447 e. The van der Waals surface area contributed by atoms with Crippen molar-refractivity contribution < 1.29 is 27.6 Å². The van der Waals surface area contributed by atoms with Gasteiger partial charge in [-0.15, -0.1) is 0 Å². The molecular formula is C23H22BrF3N3O3PS. The molecule has 1 aliphatic rings. The standard InChI is InChI=1S/C23H22BrF3N3O3PS/c1-22(2,3)33-21(31)30(19-10-9-16(14-28-19)34(4)32)12-5-7-15-13-18-17(24)8-6-11-29(18)20(15)35-23(25,26)27/h6,8,10-11,13-14H,9,12H2,1-4H3. The van der Waals surface area contributed by atoms with Crippen LogP contribution in [0.1, 0.15) is 32.8 Å². The molecule has 0 aromatic carbocycles. The van der Waals surface area contributed by atoms with Gasteiger partial charge in [0.05, 0.1) is 38.3 Å². The number of allylic oxidation sites excluding steroid dienone is 1. The van der Waals surface area contributed by atoms with E-state index in [4.69, 9.17) is 4.74 Å². The van der Waals surface area contributed by atoms with E-state index in [2.05, 4.69) is 32.8 Å². The Hall–Kier alpha value is -2.25. The average Bonchev–Trinajstić information content (AvgIpc) is 3.07. The third-order valence-corrected chi connectivity index (χ3v) is 7.14. The van der Waals surface area contributed by atoms with E-state index in [1.807, 2.05) is 0 Å². The largest absolute Gasteiger partial charge is 0.630 e. The van der Waals surface area contributed by atoms with Crippen molar-refractivity contribution in [1.29, 1.82) is 0 Å². The molecule has 0 aliphatic carbocycles. The average molecular weight is 588 g/mol. The predicted octanol–water partition coefficient (Wildman–Crippen LogP) is 5.78. The number of carbonyl (C=O) groups excluding carboxylic acids is 1. The monoisotopic (exact) mass is 587 g/mol. The maximum absolute atomic E-state index is 13.2. The van der Waals surface area contributed by atoms with Gasteiger partial charge in [0.15, 0.2) is 0 Å². The lowest BCUT2D eigenvalue weighted by Gasteiger charge is -2.26. The Bertz CT molecular complexity index is 1300. The minimum Gasteiger partial charge on any atom is -0.630 e. The fraction of sp³-hybridized carbons (Fsp3) is 0.348. The van der Waals surface area contributed by atoms with E-state index in [9.17, 15) is 22.9 Å². The maximum atomic E-state index is 13.2. The summed E-state index contributed by atoms with van der Waals surface area (Å²) in [6.07, 6.45) is 4.28. The van der Waals surface area contributed by atoms with Gasteiger partial charge < -0.3 is 14.0 Å². The Balaban J connectivity index is 1.96. The zero-order chi connectivity index (χ0) is 26.0. The molecule has 3 rings (SSSR count). The van der Waals surface area contributed by atoms with Gasteiger partial charge >= 0.3 is 11.6 Å². The van der Waals surface area contributed by atoms with Gasteiger partial charge in [0.1, 0.15) is 21.7 Å². The number of alkyl halides is 3. The van der Waals surface area contributed by atoms with E-state index in [-0.39, 0.29) is 34.7 Å². The lowest BCUT2D eigenvalue weighted by atomic mass is 10.2. The van der Waals surface area contributed by atoms with Gasteiger partial charge in [-0.3, -0.25) is 4.90 Å². The summed E-state index contributed by atoms with van der Waals surface area (Å²) in [7, 11) is -1.55. The van der Waals surface area contributed by atoms with Gasteiger partial charge in [-0.25, -0.2) is 9.79 Å². The summed E-state index contributed by atoms with van der Waals surface area (Å²) in [6, 6.07) is 4.91. The molecular weight excluding hydrogens is 566 g/mol. The highest BCUT2D eigenvalue weighted by Crippen LogP contribution is 2.40. The van der Waals surface area contributed by atoms with E-state index in [0.29, 0.717) is 21.7 Å². The minimum absolute atomic E-state index is 0.0778. The van der Waals surface area contributed by atoms with E-state index >= 15 is 0 Å². The number of thioether (sulfide) groups is 1. The van der Waals surface area contributed by atoms with Gasteiger partial charge in [-0.2, -0.15) is 13.2 Å². The number of hydrogen-bond acceptors (Lipinski definition) is 5. The van der Waals surface area contributed by atoms with Crippen LogP contribution in [-0.4, -0.2) is 51.2 Å². The molecule has 3 heterocycles. The number of ether oxygens (including phenoxy) is 1. The molecule has 0 saturated carbocycles. The Labute approximate surface area is 214 Å². The number of rotatable bonds is 3. The predicted molar refractivity (Wildman–Crippen MR) is 136 cm³/mol. The van der Waals surface area contributed by atoms with Crippen molar-refractivity contribution in [2.45, 2.75) is 43.3 Å². The number of aliphatic imine (C=N–C) groups is 1. The van der Waals surface area contributed by atoms with Crippen molar-refractivity contribution in [3.05, 3.63) is 46.3 Å². The highest BCUT2D eigenvalue weighted by Gasteiger charge is 2.32. The normalized spacial score (nSPS) is 15.4. The molecule has 2 aromatic heterocycles. The third-order valence-electron chi connectivity index (χ3n) is 4.52. The fourth-order valence-electron chi connectivity index (χ4n) is 3.04. The van der Waals surface area contributed by atoms with Crippen LogP contribution in [-0.2, 0) is 4.74 Å². The summed E-state index contributed by atoms with van der Waals surface area (Å²) in [4.78, 5) is 30.0. The third kappa shape index (κ3) is 7.37. The second-order valence-corrected chi connectivity index (χ2v) is 11.9. The number of amides is 1. The number of nitrogens with zero attached hydrogens (tertiary/aromatic N) is 3. The number of halogens is 4. The Morgan fingerprint density at radius 2 is 2.11 bits per heavy atom. The van der Waals surface area contributed by atoms with Crippen LogP contribution in [0.4, 0.5) is 18.0 Å². The van der Waals surface area contributed by atoms with Gasteiger partial charge in [0.25, 0.3) is 0 Å². The van der Waals surface area contributed by atoms with Gasteiger partial charge in [0.2, 0.25) is 0 Å². The van der Waals surface area contributed by atoms with Crippen LogP contribution in [0.25, 0.3) is 5.52 Å². The first-order valence-corrected chi connectivity index (χ1v) is 13.6. The number of fused-ring (bicyclic) bond motifs is 1. The Kier molecular flexibility index (Phi) is 8.43. The molecule has 0 fully saturated rings. The molecule has 1 atom stereocenters. The molecule has 6 nitrogen and oxygen atoms in total. The summed E-state index contributed by atoms with van der Waals surface area (Å²) >= 11 is 3.10. The summed E-state index contributed by atoms with van der Waals surface area (Å²) in [5, 5.41) is 0.560. The van der Waals surface area contributed by atoms with Crippen LogP contribution in [0, 0.1) is 11.8 Å². The van der Waals surface area contributed by atoms with Crippen LogP contribution >= 0.6 is 35.5 Å². The van der Waals surface area contributed by atoms with Crippen molar-refractivity contribution in [3.8, 4) is 11.8 Å². The molecule has 0 N–H and O–H groups in total. The summed E-state index contributed by atoms with van der Waals surface area (Å²) in [5.74, 6) is 5.83. The van der Waals surface area contributed by atoms with Crippen LogP contribution in [0.5, 0.6) is 0 Å². The van der Waals surface area contributed by atoms with E-state index in [0.717, 1.165) is 0 Å². The van der Waals surface area contributed by atoms with Crippen LogP contribution in [0.15, 0.2) is 50.8 Å². The van der Waals surface area contributed by atoms with Crippen LogP contribution in [0.3, 0.4) is 0 Å². The first kappa shape index (κ1) is 27.3. The molecule has 12 heteroatoms. The fourth-order valence-corrected chi connectivity index (χ4v) is 4.77. The first-order valence-electron chi connectivity index (χ1n) is 10.3. The van der Waals surface area contributed by atoms with Gasteiger partial charge in [-0.05, 0) is 61.0 Å². The number of carbonyl (C=O) groups is 1. The summed E-state index contributed by atoms with van der Waals surface area (Å²) in [6.45, 7) is 6.54. The second kappa shape index (κ2) is 10.8. The highest BCUT2D eigenvalue weighted by atomic mass is 79.9. The number of aromatic nitrogens is 1. The van der Waals surface area contributed by atoms with Crippen molar-refractivity contribution in [1.82, 2.24) is 9.30 Å². The SMILES string of the molecule is C[P+]([O-])=C1C=NC(N(CC#Cc2cc3c(Br)cccn3c2SC(F)(F)F)C(=O)OC(C)(C)C)=CC1. The number of hydrogen-bond donors (Lipinski definition) is 0. The van der Waals surface area contributed by atoms with Gasteiger partial charge in [0, 0.05) is 28.9 Å². The molecule has 0 spiro atoms. The molecule has 35 heavy (non-hydrogen) atoms. The van der Waals surface area contributed by atoms with Crippen molar-refractivity contribution >= 4 is 58.6 Å². The lowest BCUT2D eigenvalue weighted by molar-refractivity contribution is -0.151. The molecule has 186 valence electrons. The first-order chi connectivity index (χ1) is 16.2. The molecule has 1 unspecified atom stereocenters. The zero-order valence-electron chi connectivity index (χ0n) is 19.3. The molecule has 0 radical (unpaired) electrons.